The van der Waals surface area contributed by atoms with Gasteiger partial charge in [0, 0.05) is 5.41 Å². The maximum absolute atomic E-state index is 11.8. The largest absolute Gasteiger partial charge is 0.294 e. The van der Waals surface area contributed by atoms with E-state index in [2.05, 4.69) is 12.2 Å². The highest BCUT2D eigenvalue weighted by atomic mass is 16.2. The van der Waals surface area contributed by atoms with E-state index in [9.17, 15) is 20.1 Å². The van der Waals surface area contributed by atoms with Gasteiger partial charge in [0.1, 0.15) is 11.8 Å². The van der Waals surface area contributed by atoms with Crippen molar-refractivity contribution in [1.29, 1.82) is 10.5 Å². The number of piperidine rings is 1. The van der Waals surface area contributed by atoms with Crippen LogP contribution in [0.4, 0.5) is 0 Å². The molecular weight excluding hydrogens is 230 g/mol. The lowest BCUT2D eigenvalue weighted by Gasteiger charge is -2.46. The first-order chi connectivity index (χ1) is 8.55. The fraction of sp³-hybridized carbons (Fsp3) is 0.692. The number of nitriles is 2. The Morgan fingerprint density at radius 3 is 1.94 bits per heavy atom. The number of nitrogens with zero attached hydrogens (tertiary/aromatic N) is 2. The minimum Gasteiger partial charge on any atom is -0.294 e. The summed E-state index contributed by atoms with van der Waals surface area (Å²) in [5.74, 6) is -2.32. The summed E-state index contributed by atoms with van der Waals surface area (Å²) in [4.78, 5) is 23.6. The predicted octanol–water partition coefficient (Wildman–Crippen LogP) is 1.12. The van der Waals surface area contributed by atoms with Crippen LogP contribution in [0.25, 0.3) is 0 Å². The highest BCUT2D eigenvalue weighted by molar-refractivity contribution is 6.03. The van der Waals surface area contributed by atoms with E-state index in [-0.39, 0.29) is 0 Å². The molecule has 0 aromatic heterocycles. The zero-order valence-electron chi connectivity index (χ0n) is 10.3. The number of carbonyl (C=O) groups excluding carboxylic acids is 2. The molecule has 2 fully saturated rings. The van der Waals surface area contributed by atoms with Gasteiger partial charge in [-0.05, 0) is 18.8 Å². The smallest absolute Gasteiger partial charge is 0.244 e. The third kappa shape index (κ3) is 1.67. The number of hydrogen-bond acceptors (Lipinski definition) is 4. The normalized spacial score (nSPS) is 31.5. The zero-order chi connectivity index (χ0) is 13.3. The summed E-state index contributed by atoms with van der Waals surface area (Å²) in [7, 11) is 0. The van der Waals surface area contributed by atoms with Gasteiger partial charge >= 0.3 is 0 Å². The zero-order valence-corrected chi connectivity index (χ0v) is 10.3. The van der Waals surface area contributed by atoms with Gasteiger partial charge in [-0.25, -0.2) is 0 Å². The van der Waals surface area contributed by atoms with Crippen LogP contribution in [0.15, 0.2) is 0 Å². The molecule has 1 spiro atoms. The second-order valence-electron chi connectivity index (χ2n) is 5.39. The van der Waals surface area contributed by atoms with Crippen LogP contribution < -0.4 is 5.32 Å². The molecule has 1 aliphatic heterocycles. The maximum atomic E-state index is 11.8. The van der Waals surface area contributed by atoms with Crippen molar-refractivity contribution in [3.63, 3.8) is 0 Å². The van der Waals surface area contributed by atoms with E-state index < -0.39 is 29.1 Å². The van der Waals surface area contributed by atoms with Crippen molar-refractivity contribution in [1.82, 2.24) is 5.32 Å². The van der Waals surface area contributed by atoms with E-state index in [0.717, 1.165) is 12.8 Å². The molecule has 1 aliphatic carbocycles. The molecule has 1 saturated heterocycles. The number of rotatable bonds is 0. The summed E-state index contributed by atoms with van der Waals surface area (Å²) >= 11 is 0. The van der Waals surface area contributed by atoms with E-state index >= 15 is 0 Å². The molecule has 18 heavy (non-hydrogen) atoms. The second-order valence-corrected chi connectivity index (χ2v) is 5.39. The van der Waals surface area contributed by atoms with Crippen LogP contribution in [0, 0.1) is 45.8 Å². The van der Waals surface area contributed by atoms with E-state index in [4.69, 9.17) is 0 Å². The van der Waals surface area contributed by atoms with Gasteiger partial charge in [0.25, 0.3) is 0 Å². The average molecular weight is 245 g/mol. The van der Waals surface area contributed by atoms with Gasteiger partial charge in [0.2, 0.25) is 11.8 Å². The summed E-state index contributed by atoms with van der Waals surface area (Å²) in [6, 6.07) is 4.00. The Balaban J connectivity index is 2.43. The predicted molar refractivity (Wildman–Crippen MR) is 61.4 cm³/mol. The molecule has 2 atom stereocenters. The number of hydrogen-bond donors (Lipinski definition) is 1. The lowest BCUT2D eigenvalue weighted by atomic mass is 9.56. The van der Waals surface area contributed by atoms with Gasteiger partial charge < -0.3 is 0 Å². The van der Waals surface area contributed by atoms with Crippen LogP contribution in [0.3, 0.4) is 0 Å². The van der Waals surface area contributed by atoms with Crippen LogP contribution in [-0.4, -0.2) is 11.8 Å². The fourth-order valence-electron chi connectivity index (χ4n) is 3.21. The van der Waals surface area contributed by atoms with Gasteiger partial charge in [0.05, 0.1) is 12.1 Å². The number of carbonyl (C=O) groups is 2. The van der Waals surface area contributed by atoms with Crippen molar-refractivity contribution in [2.75, 3.05) is 0 Å². The molecular formula is C13H15N3O2. The van der Waals surface area contributed by atoms with E-state index in [1.807, 2.05) is 12.1 Å². The minimum absolute atomic E-state index is 0.523. The average Bonchev–Trinajstić information content (AvgIpc) is 2.33. The maximum Gasteiger partial charge on any atom is 0.244 e. The molecule has 5 nitrogen and oxygen atoms in total. The third-order valence-electron chi connectivity index (χ3n) is 4.38. The molecule has 0 aromatic rings. The number of imide groups is 1. The minimum atomic E-state index is -0.882. The fourth-order valence-corrected chi connectivity index (χ4v) is 3.21. The van der Waals surface area contributed by atoms with E-state index in [1.165, 1.54) is 0 Å². The Morgan fingerprint density at radius 1 is 1.11 bits per heavy atom. The van der Waals surface area contributed by atoms with Crippen LogP contribution in [0.2, 0.25) is 0 Å². The molecule has 0 bridgehead atoms. The Kier molecular flexibility index (Phi) is 3.09. The van der Waals surface area contributed by atoms with Crippen molar-refractivity contribution in [2.45, 2.75) is 32.6 Å². The summed E-state index contributed by atoms with van der Waals surface area (Å²) in [6.07, 6.45) is 2.92. The molecule has 2 amide bonds. The Labute approximate surface area is 106 Å². The molecule has 0 unspecified atom stereocenters. The van der Waals surface area contributed by atoms with Crippen molar-refractivity contribution in [3.8, 4) is 12.1 Å². The van der Waals surface area contributed by atoms with Crippen molar-refractivity contribution < 1.29 is 9.59 Å². The first-order valence-corrected chi connectivity index (χ1v) is 6.19. The highest BCUT2D eigenvalue weighted by Crippen LogP contribution is 2.51. The highest BCUT2D eigenvalue weighted by Gasteiger charge is 2.56. The molecule has 94 valence electrons. The number of amides is 2. The van der Waals surface area contributed by atoms with Gasteiger partial charge in [-0.2, -0.15) is 10.5 Å². The van der Waals surface area contributed by atoms with Gasteiger partial charge in [-0.3, -0.25) is 14.9 Å². The first kappa shape index (κ1) is 12.6. The molecule has 1 saturated carbocycles. The molecule has 1 heterocycles. The second kappa shape index (κ2) is 4.42. The van der Waals surface area contributed by atoms with Gasteiger partial charge in [-0.15, -0.1) is 0 Å². The molecule has 0 aromatic carbocycles. The summed E-state index contributed by atoms with van der Waals surface area (Å²) in [5, 5.41) is 20.6. The molecule has 0 radical (unpaired) electrons. The Bertz CT molecular complexity index is 430. The third-order valence-corrected chi connectivity index (χ3v) is 4.38. The van der Waals surface area contributed by atoms with E-state index in [1.54, 1.807) is 0 Å². The van der Waals surface area contributed by atoms with Crippen molar-refractivity contribution in [3.05, 3.63) is 0 Å². The van der Waals surface area contributed by atoms with Gasteiger partial charge in [-0.1, -0.05) is 19.8 Å². The lowest BCUT2D eigenvalue weighted by Crippen LogP contribution is -2.58. The first-order valence-electron chi connectivity index (χ1n) is 6.19. The van der Waals surface area contributed by atoms with Crippen LogP contribution >= 0.6 is 0 Å². The van der Waals surface area contributed by atoms with Gasteiger partial charge in [0.15, 0.2) is 0 Å². The topological polar surface area (TPSA) is 93.8 Å². The quantitative estimate of drug-likeness (QED) is 0.647. The Morgan fingerprint density at radius 2 is 1.56 bits per heavy atom. The van der Waals surface area contributed by atoms with Crippen molar-refractivity contribution in [2.24, 2.45) is 23.2 Å². The molecule has 5 heteroatoms. The monoisotopic (exact) mass is 245 g/mol. The van der Waals surface area contributed by atoms with Crippen molar-refractivity contribution >= 4 is 11.8 Å². The SMILES string of the molecule is CC1CCC2(CC1)[C@@H](C#N)C(=O)NC(=O)[C@@H]2C#N. The Hall–Kier alpha value is -1.88. The molecule has 2 rings (SSSR count). The summed E-state index contributed by atoms with van der Waals surface area (Å²) in [5.41, 5.74) is -0.768. The summed E-state index contributed by atoms with van der Waals surface area (Å²) in [6.45, 7) is 2.11. The lowest BCUT2D eigenvalue weighted by molar-refractivity contribution is -0.147. The van der Waals surface area contributed by atoms with Crippen LogP contribution in [-0.2, 0) is 9.59 Å². The standard InChI is InChI=1S/C13H15N3O2/c1-8-2-4-13(5-3-8)9(6-14)11(17)16-12(18)10(13)7-15/h8-10H,2-5H2,1H3,(H,16,17,18)/t9-,10-/m0/s1. The van der Waals surface area contributed by atoms with E-state index in [0.29, 0.717) is 18.8 Å². The molecule has 2 aliphatic rings. The number of nitrogens with one attached hydrogen (secondary N) is 1. The van der Waals surface area contributed by atoms with Crippen LogP contribution in [0.1, 0.15) is 32.6 Å². The van der Waals surface area contributed by atoms with Crippen LogP contribution in [0.5, 0.6) is 0 Å². The molecule has 1 N–H and O–H groups in total. The summed E-state index contributed by atoms with van der Waals surface area (Å²) < 4.78 is 0.